The maximum atomic E-state index is 6.14. The second-order valence-electron chi connectivity index (χ2n) is 5.43. The average molecular weight is 226 g/mol. The first-order valence-electron chi connectivity index (χ1n) is 5.52. The van der Waals surface area contributed by atoms with E-state index in [9.17, 15) is 0 Å². The summed E-state index contributed by atoms with van der Waals surface area (Å²) in [5.74, 6) is 0.653. The first-order chi connectivity index (χ1) is 6.89. The van der Waals surface area contributed by atoms with Gasteiger partial charge in [0.05, 0.1) is 5.51 Å². The van der Waals surface area contributed by atoms with Crippen LogP contribution in [0.3, 0.4) is 0 Å². The Balaban J connectivity index is 2.39. The second-order valence-corrected chi connectivity index (χ2v) is 6.41. The second kappa shape index (κ2) is 5.08. The minimum Gasteiger partial charge on any atom is -0.327 e. The van der Waals surface area contributed by atoms with Gasteiger partial charge in [-0.05, 0) is 24.2 Å². The molecule has 0 aliphatic carbocycles. The summed E-state index contributed by atoms with van der Waals surface area (Å²) in [5.41, 5.74) is 8.36. The Kier molecular flexibility index (Phi) is 4.29. The van der Waals surface area contributed by atoms with E-state index in [2.05, 4.69) is 32.7 Å². The summed E-state index contributed by atoms with van der Waals surface area (Å²) >= 11 is 1.69. The quantitative estimate of drug-likeness (QED) is 0.857. The zero-order valence-corrected chi connectivity index (χ0v) is 11.0. The summed E-state index contributed by atoms with van der Waals surface area (Å²) in [6, 6.07) is 0.264. The highest BCUT2D eigenvalue weighted by Gasteiger charge is 2.22. The Morgan fingerprint density at radius 3 is 2.60 bits per heavy atom. The molecule has 0 radical (unpaired) electrons. The van der Waals surface area contributed by atoms with Crippen molar-refractivity contribution in [3.63, 3.8) is 0 Å². The number of rotatable bonds is 4. The first kappa shape index (κ1) is 12.7. The molecule has 0 fully saturated rings. The minimum absolute atomic E-state index is 0.264. The zero-order valence-electron chi connectivity index (χ0n) is 10.2. The maximum absolute atomic E-state index is 6.14. The van der Waals surface area contributed by atoms with Crippen molar-refractivity contribution in [2.45, 2.75) is 46.6 Å². The lowest BCUT2D eigenvalue weighted by Crippen LogP contribution is -2.29. The van der Waals surface area contributed by atoms with Gasteiger partial charge in [0, 0.05) is 17.1 Å². The Hall–Kier alpha value is -0.410. The Labute approximate surface area is 96.9 Å². The molecule has 1 aromatic rings. The largest absolute Gasteiger partial charge is 0.327 e. The summed E-state index contributed by atoms with van der Waals surface area (Å²) in [4.78, 5) is 5.36. The predicted octanol–water partition coefficient (Wildman–Crippen LogP) is 3.09. The topological polar surface area (TPSA) is 38.9 Å². The third kappa shape index (κ3) is 4.31. The highest BCUT2D eigenvalue weighted by molar-refractivity contribution is 7.09. The molecule has 0 saturated carbocycles. The number of hydrogen-bond donors (Lipinski definition) is 1. The van der Waals surface area contributed by atoms with E-state index in [0.717, 1.165) is 12.8 Å². The minimum atomic E-state index is 0.264. The Morgan fingerprint density at radius 1 is 1.47 bits per heavy atom. The monoisotopic (exact) mass is 226 g/mol. The smallest absolute Gasteiger partial charge is 0.0794 e. The predicted molar refractivity (Wildman–Crippen MR) is 67.0 cm³/mol. The van der Waals surface area contributed by atoms with Crippen molar-refractivity contribution < 1.29 is 0 Å². The number of hydrogen-bond acceptors (Lipinski definition) is 3. The number of nitrogens with two attached hydrogens (primary N) is 1. The third-order valence-corrected chi connectivity index (χ3v) is 3.88. The van der Waals surface area contributed by atoms with E-state index in [1.54, 1.807) is 11.3 Å². The lowest BCUT2D eigenvalue weighted by Gasteiger charge is -2.29. The van der Waals surface area contributed by atoms with Gasteiger partial charge in [0.2, 0.25) is 0 Å². The van der Waals surface area contributed by atoms with Crippen molar-refractivity contribution in [1.82, 2.24) is 4.98 Å². The van der Waals surface area contributed by atoms with E-state index in [1.807, 2.05) is 11.7 Å². The van der Waals surface area contributed by atoms with Gasteiger partial charge in [0.15, 0.2) is 0 Å². The average Bonchev–Trinajstić information content (AvgIpc) is 2.54. The van der Waals surface area contributed by atoms with Crippen LogP contribution in [0, 0.1) is 11.3 Å². The van der Waals surface area contributed by atoms with Gasteiger partial charge in [-0.25, -0.2) is 0 Å². The van der Waals surface area contributed by atoms with Gasteiger partial charge in [0.25, 0.3) is 0 Å². The number of thiazole rings is 1. The van der Waals surface area contributed by atoms with Crippen LogP contribution in [0.5, 0.6) is 0 Å². The molecule has 0 bridgehead atoms. The molecule has 2 unspecified atom stereocenters. The summed E-state index contributed by atoms with van der Waals surface area (Å²) in [6.45, 7) is 9.11. The molecule has 0 saturated heterocycles. The molecule has 0 amide bonds. The summed E-state index contributed by atoms with van der Waals surface area (Å²) in [5, 5.41) is 0. The zero-order chi connectivity index (χ0) is 11.5. The van der Waals surface area contributed by atoms with Gasteiger partial charge < -0.3 is 5.73 Å². The number of nitrogens with zero attached hydrogens (tertiary/aromatic N) is 1. The summed E-state index contributed by atoms with van der Waals surface area (Å²) in [6.07, 6.45) is 3.97. The molecule has 1 aromatic heterocycles. The van der Waals surface area contributed by atoms with Crippen LogP contribution in [-0.2, 0) is 6.42 Å². The van der Waals surface area contributed by atoms with Crippen LogP contribution in [-0.4, -0.2) is 11.0 Å². The highest BCUT2D eigenvalue weighted by Crippen LogP contribution is 2.29. The van der Waals surface area contributed by atoms with Crippen LogP contribution in [0.25, 0.3) is 0 Å². The fourth-order valence-electron chi connectivity index (χ4n) is 1.49. The molecule has 0 aliphatic rings. The molecule has 0 aromatic carbocycles. The van der Waals surface area contributed by atoms with Crippen molar-refractivity contribution in [1.29, 1.82) is 0 Å². The lowest BCUT2D eigenvalue weighted by molar-refractivity contribution is 0.233. The molecular formula is C12H22N2S. The van der Waals surface area contributed by atoms with Crippen LogP contribution in [0.4, 0.5) is 0 Å². The van der Waals surface area contributed by atoms with Crippen molar-refractivity contribution in [2.75, 3.05) is 0 Å². The van der Waals surface area contributed by atoms with Crippen molar-refractivity contribution in [3.05, 3.63) is 16.6 Å². The molecular weight excluding hydrogens is 204 g/mol. The van der Waals surface area contributed by atoms with Gasteiger partial charge in [-0.3, -0.25) is 4.98 Å². The normalized spacial score (nSPS) is 16.3. The van der Waals surface area contributed by atoms with Gasteiger partial charge in [-0.2, -0.15) is 0 Å². The van der Waals surface area contributed by atoms with E-state index < -0.39 is 0 Å². The van der Waals surface area contributed by atoms with Crippen LogP contribution in [0.15, 0.2) is 11.7 Å². The van der Waals surface area contributed by atoms with E-state index in [0.29, 0.717) is 11.3 Å². The van der Waals surface area contributed by atoms with E-state index >= 15 is 0 Å². The van der Waals surface area contributed by atoms with Gasteiger partial charge >= 0.3 is 0 Å². The molecule has 3 heteroatoms. The lowest BCUT2D eigenvalue weighted by atomic mass is 9.78. The molecule has 15 heavy (non-hydrogen) atoms. The van der Waals surface area contributed by atoms with Gasteiger partial charge in [0.1, 0.15) is 0 Å². The molecule has 1 heterocycles. The fourth-order valence-corrected chi connectivity index (χ4v) is 2.18. The molecule has 2 nitrogen and oxygen atoms in total. The molecule has 0 spiro atoms. The van der Waals surface area contributed by atoms with Gasteiger partial charge in [-0.15, -0.1) is 11.3 Å². The molecule has 2 atom stereocenters. The van der Waals surface area contributed by atoms with Crippen molar-refractivity contribution in [3.8, 4) is 0 Å². The SMILES string of the molecule is CC(CC(N)Cc1cncs1)C(C)(C)C. The fraction of sp³-hybridized carbons (Fsp3) is 0.750. The molecule has 2 N–H and O–H groups in total. The first-order valence-corrected chi connectivity index (χ1v) is 6.40. The van der Waals surface area contributed by atoms with Crippen molar-refractivity contribution >= 4 is 11.3 Å². The van der Waals surface area contributed by atoms with Crippen LogP contribution in [0.1, 0.15) is 39.0 Å². The van der Waals surface area contributed by atoms with Gasteiger partial charge in [-0.1, -0.05) is 27.7 Å². The highest BCUT2D eigenvalue weighted by atomic mass is 32.1. The third-order valence-electron chi connectivity index (χ3n) is 3.08. The van der Waals surface area contributed by atoms with Crippen LogP contribution in [0.2, 0.25) is 0 Å². The molecule has 1 rings (SSSR count). The Bertz CT molecular complexity index is 274. The summed E-state index contributed by atoms with van der Waals surface area (Å²) < 4.78 is 0. The maximum Gasteiger partial charge on any atom is 0.0794 e. The standard InChI is InChI=1S/C12H22N2S/c1-9(12(2,3)4)5-10(13)6-11-7-14-8-15-11/h7-10H,5-6,13H2,1-4H3. The molecule has 0 aliphatic heterocycles. The van der Waals surface area contributed by atoms with Crippen molar-refractivity contribution in [2.24, 2.45) is 17.1 Å². The number of aromatic nitrogens is 1. The van der Waals surface area contributed by atoms with Crippen LogP contribution < -0.4 is 5.73 Å². The van der Waals surface area contributed by atoms with Crippen LogP contribution >= 0.6 is 11.3 Å². The van der Waals surface area contributed by atoms with E-state index in [1.165, 1.54) is 4.88 Å². The Morgan fingerprint density at radius 2 is 2.13 bits per heavy atom. The van der Waals surface area contributed by atoms with E-state index in [-0.39, 0.29) is 6.04 Å². The summed E-state index contributed by atoms with van der Waals surface area (Å²) in [7, 11) is 0. The van der Waals surface area contributed by atoms with E-state index in [4.69, 9.17) is 5.73 Å². The molecule has 86 valence electrons.